The summed E-state index contributed by atoms with van der Waals surface area (Å²) in [7, 11) is 0. The fourth-order valence-corrected chi connectivity index (χ4v) is 3.58. The van der Waals surface area contributed by atoms with Gasteiger partial charge in [0.1, 0.15) is 0 Å². The van der Waals surface area contributed by atoms with Gasteiger partial charge in [-0.15, -0.1) is 11.8 Å². The zero-order valence-corrected chi connectivity index (χ0v) is 12.6. The van der Waals surface area contributed by atoms with Gasteiger partial charge in [-0.25, -0.2) is 8.78 Å². The number of hydrogen-bond acceptors (Lipinski definition) is 3. The Kier molecular flexibility index (Phi) is 5.04. The van der Waals surface area contributed by atoms with Crippen molar-refractivity contribution in [1.82, 2.24) is 5.32 Å². The number of benzene rings is 1. The van der Waals surface area contributed by atoms with Gasteiger partial charge in [-0.05, 0) is 44.4 Å². The number of thioether (sulfide) groups is 1. The Labute approximate surface area is 123 Å². The van der Waals surface area contributed by atoms with E-state index < -0.39 is 11.6 Å². The quantitative estimate of drug-likeness (QED) is 0.758. The summed E-state index contributed by atoms with van der Waals surface area (Å²) in [5, 5.41) is 13.2. The summed E-state index contributed by atoms with van der Waals surface area (Å²) in [4.78, 5) is 0.711. The lowest BCUT2D eigenvalue weighted by Gasteiger charge is -2.31. The fraction of sp³-hybridized carbons (Fsp3) is 0.600. The van der Waals surface area contributed by atoms with Crippen LogP contribution in [0.5, 0.6) is 0 Å². The highest BCUT2D eigenvalue weighted by Crippen LogP contribution is 2.31. The van der Waals surface area contributed by atoms with Gasteiger partial charge in [0.2, 0.25) is 0 Å². The van der Waals surface area contributed by atoms with Crippen LogP contribution in [0.25, 0.3) is 0 Å². The summed E-state index contributed by atoms with van der Waals surface area (Å²) < 4.78 is 26.1. The molecule has 5 heteroatoms. The molecular formula is C15H21F2NOS. The first kappa shape index (κ1) is 15.7. The highest BCUT2D eigenvalue weighted by Gasteiger charge is 2.33. The van der Waals surface area contributed by atoms with E-state index in [1.165, 1.54) is 30.7 Å². The van der Waals surface area contributed by atoms with Gasteiger partial charge in [0, 0.05) is 21.7 Å². The summed E-state index contributed by atoms with van der Waals surface area (Å²) in [5.41, 5.74) is -0.313. The van der Waals surface area contributed by atoms with Crippen molar-refractivity contribution in [1.29, 1.82) is 0 Å². The molecule has 0 aromatic heterocycles. The van der Waals surface area contributed by atoms with Crippen LogP contribution < -0.4 is 5.32 Å². The van der Waals surface area contributed by atoms with Crippen LogP contribution in [0.15, 0.2) is 23.1 Å². The zero-order valence-electron chi connectivity index (χ0n) is 11.8. The third-order valence-corrected chi connectivity index (χ3v) is 4.54. The predicted molar refractivity (Wildman–Crippen MR) is 77.9 cm³/mol. The maximum absolute atomic E-state index is 13.2. The summed E-state index contributed by atoms with van der Waals surface area (Å²) in [6.45, 7) is 4.12. The molecule has 0 amide bonds. The van der Waals surface area contributed by atoms with Gasteiger partial charge in [-0.3, -0.25) is 0 Å². The Balaban J connectivity index is 1.92. The molecule has 2 nitrogen and oxygen atoms in total. The third kappa shape index (κ3) is 4.43. The standard InChI is InChI=1S/C15H21F2NOS/c1-10(8-15(2,9-19)18-11-3-4-11)20-12-5-6-13(16)14(17)7-12/h5-7,10-11,18-19H,3-4,8-9H2,1-2H3. The average Bonchev–Trinajstić information content (AvgIpc) is 3.17. The predicted octanol–water partition coefficient (Wildman–Crippen LogP) is 3.34. The topological polar surface area (TPSA) is 32.3 Å². The number of nitrogens with one attached hydrogen (secondary N) is 1. The summed E-state index contributed by atoms with van der Waals surface area (Å²) in [6, 6.07) is 4.48. The second-order valence-electron chi connectivity index (χ2n) is 5.85. The zero-order chi connectivity index (χ0) is 14.8. The van der Waals surface area contributed by atoms with Crippen molar-refractivity contribution in [3.05, 3.63) is 29.8 Å². The number of aliphatic hydroxyl groups excluding tert-OH is 1. The number of hydrogen-bond donors (Lipinski definition) is 2. The van der Waals surface area contributed by atoms with E-state index in [0.717, 1.165) is 12.5 Å². The van der Waals surface area contributed by atoms with E-state index in [-0.39, 0.29) is 17.4 Å². The molecule has 20 heavy (non-hydrogen) atoms. The van der Waals surface area contributed by atoms with Crippen molar-refractivity contribution in [2.24, 2.45) is 0 Å². The first-order chi connectivity index (χ1) is 9.42. The van der Waals surface area contributed by atoms with Crippen LogP contribution in [-0.4, -0.2) is 28.5 Å². The summed E-state index contributed by atoms with van der Waals surface area (Å²) in [6.07, 6.45) is 3.10. The van der Waals surface area contributed by atoms with Crippen molar-refractivity contribution in [3.8, 4) is 0 Å². The molecule has 0 radical (unpaired) electrons. The van der Waals surface area contributed by atoms with Gasteiger partial charge in [0.05, 0.1) is 6.61 Å². The molecule has 1 aromatic rings. The monoisotopic (exact) mass is 301 g/mol. The Bertz CT molecular complexity index is 467. The van der Waals surface area contributed by atoms with Crippen LogP contribution in [0, 0.1) is 11.6 Å². The van der Waals surface area contributed by atoms with E-state index in [0.29, 0.717) is 10.9 Å². The Morgan fingerprint density at radius 2 is 2.10 bits per heavy atom. The molecule has 112 valence electrons. The third-order valence-electron chi connectivity index (χ3n) is 3.45. The molecule has 0 aliphatic heterocycles. The molecule has 0 spiro atoms. The fourth-order valence-electron chi connectivity index (χ4n) is 2.35. The largest absolute Gasteiger partial charge is 0.394 e. The van der Waals surface area contributed by atoms with Crippen molar-refractivity contribution in [3.63, 3.8) is 0 Å². The van der Waals surface area contributed by atoms with Gasteiger partial charge >= 0.3 is 0 Å². The molecule has 1 aliphatic rings. The molecule has 0 saturated heterocycles. The molecule has 2 unspecified atom stereocenters. The van der Waals surface area contributed by atoms with Gasteiger partial charge in [-0.2, -0.15) is 0 Å². The van der Waals surface area contributed by atoms with Crippen LogP contribution in [0.2, 0.25) is 0 Å². The van der Waals surface area contributed by atoms with E-state index in [4.69, 9.17) is 0 Å². The maximum atomic E-state index is 13.2. The van der Waals surface area contributed by atoms with Crippen LogP contribution in [-0.2, 0) is 0 Å². The van der Waals surface area contributed by atoms with Crippen molar-refractivity contribution >= 4 is 11.8 Å². The highest BCUT2D eigenvalue weighted by atomic mass is 32.2. The van der Waals surface area contributed by atoms with Crippen molar-refractivity contribution in [2.45, 2.75) is 54.8 Å². The van der Waals surface area contributed by atoms with E-state index in [1.807, 2.05) is 13.8 Å². The lowest BCUT2D eigenvalue weighted by molar-refractivity contribution is 0.164. The molecule has 1 aliphatic carbocycles. The minimum Gasteiger partial charge on any atom is -0.394 e. The second-order valence-corrected chi connectivity index (χ2v) is 7.36. The van der Waals surface area contributed by atoms with Gasteiger partial charge in [0.25, 0.3) is 0 Å². The first-order valence-electron chi connectivity index (χ1n) is 6.92. The van der Waals surface area contributed by atoms with Crippen LogP contribution in [0.4, 0.5) is 8.78 Å². The number of aliphatic hydroxyl groups is 1. The minimum absolute atomic E-state index is 0.0756. The molecule has 1 fully saturated rings. The molecular weight excluding hydrogens is 280 g/mol. The number of rotatable bonds is 7. The Morgan fingerprint density at radius 3 is 2.65 bits per heavy atom. The Morgan fingerprint density at radius 1 is 1.40 bits per heavy atom. The molecule has 0 bridgehead atoms. The SMILES string of the molecule is CC(CC(C)(CO)NC1CC1)Sc1ccc(F)c(F)c1. The van der Waals surface area contributed by atoms with E-state index in [1.54, 1.807) is 6.07 Å². The van der Waals surface area contributed by atoms with Gasteiger partial charge in [0.15, 0.2) is 11.6 Å². The molecule has 1 aromatic carbocycles. The molecule has 2 rings (SSSR count). The van der Waals surface area contributed by atoms with Crippen LogP contribution >= 0.6 is 11.8 Å². The van der Waals surface area contributed by atoms with Gasteiger partial charge in [-0.1, -0.05) is 6.92 Å². The molecule has 2 N–H and O–H groups in total. The minimum atomic E-state index is -0.822. The normalized spacial score (nSPS) is 19.6. The molecule has 1 saturated carbocycles. The second kappa shape index (κ2) is 6.41. The Hall–Kier alpha value is -0.650. The molecule has 2 atom stereocenters. The maximum Gasteiger partial charge on any atom is 0.159 e. The van der Waals surface area contributed by atoms with E-state index >= 15 is 0 Å². The lowest BCUT2D eigenvalue weighted by Crippen LogP contribution is -2.48. The lowest BCUT2D eigenvalue weighted by atomic mass is 9.97. The molecule has 0 heterocycles. The summed E-state index contributed by atoms with van der Waals surface area (Å²) in [5.74, 6) is -1.64. The highest BCUT2D eigenvalue weighted by molar-refractivity contribution is 7.99. The number of halogens is 2. The van der Waals surface area contributed by atoms with Crippen molar-refractivity contribution in [2.75, 3.05) is 6.61 Å². The van der Waals surface area contributed by atoms with Crippen molar-refractivity contribution < 1.29 is 13.9 Å². The summed E-state index contributed by atoms with van der Waals surface area (Å²) >= 11 is 1.50. The smallest absolute Gasteiger partial charge is 0.159 e. The van der Waals surface area contributed by atoms with Gasteiger partial charge < -0.3 is 10.4 Å². The average molecular weight is 301 g/mol. The van der Waals surface area contributed by atoms with E-state index in [9.17, 15) is 13.9 Å². The first-order valence-corrected chi connectivity index (χ1v) is 7.80. The van der Waals surface area contributed by atoms with Crippen LogP contribution in [0.1, 0.15) is 33.1 Å². The van der Waals surface area contributed by atoms with Crippen LogP contribution in [0.3, 0.4) is 0 Å². The van der Waals surface area contributed by atoms with E-state index in [2.05, 4.69) is 5.32 Å².